The number of benzene rings is 1. The molecule has 1 aromatic carbocycles. The fraction of sp³-hybridized carbons (Fsp3) is 0.412. The van der Waals surface area contributed by atoms with Crippen LogP contribution in [0.4, 0.5) is 0 Å². The number of rotatable bonds is 4. The van der Waals surface area contributed by atoms with Gasteiger partial charge in [0.25, 0.3) is 0 Å². The van der Waals surface area contributed by atoms with Gasteiger partial charge in [-0.2, -0.15) is 5.10 Å². The second-order valence-corrected chi connectivity index (χ2v) is 5.80. The summed E-state index contributed by atoms with van der Waals surface area (Å²) in [7, 11) is 0. The molecule has 1 aliphatic heterocycles. The summed E-state index contributed by atoms with van der Waals surface area (Å²) in [5.41, 5.74) is 4.18. The van der Waals surface area contributed by atoms with Crippen molar-refractivity contribution in [2.24, 2.45) is 5.92 Å². The van der Waals surface area contributed by atoms with E-state index in [0.29, 0.717) is 6.54 Å². The molecule has 1 saturated heterocycles. The van der Waals surface area contributed by atoms with Gasteiger partial charge in [0, 0.05) is 24.3 Å². The molecule has 1 amide bonds. The van der Waals surface area contributed by atoms with Crippen molar-refractivity contribution < 1.29 is 4.79 Å². The molecule has 2 heterocycles. The van der Waals surface area contributed by atoms with E-state index in [1.54, 1.807) is 0 Å². The van der Waals surface area contributed by atoms with E-state index in [1.165, 1.54) is 0 Å². The average Bonchev–Trinajstić information content (AvgIpc) is 3.15. The predicted molar refractivity (Wildman–Crippen MR) is 85.9 cm³/mol. The van der Waals surface area contributed by atoms with Crippen LogP contribution in [0.15, 0.2) is 30.3 Å². The fourth-order valence-electron chi connectivity index (χ4n) is 2.95. The number of carbonyl (C=O) groups excluding carboxylic acids is 1. The molecule has 0 saturated carbocycles. The predicted octanol–water partition coefficient (Wildman–Crippen LogP) is 1.71. The third-order valence-corrected chi connectivity index (χ3v) is 4.31. The van der Waals surface area contributed by atoms with Crippen molar-refractivity contribution in [1.29, 1.82) is 0 Å². The highest BCUT2D eigenvalue weighted by Gasteiger charge is 2.22. The molecular formula is C17H22N4O. The van der Waals surface area contributed by atoms with Gasteiger partial charge in [0.1, 0.15) is 0 Å². The highest BCUT2D eigenvalue weighted by Crippen LogP contribution is 2.18. The maximum absolute atomic E-state index is 12.1. The van der Waals surface area contributed by atoms with Gasteiger partial charge in [0.15, 0.2) is 0 Å². The molecule has 1 fully saturated rings. The average molecular weight is 298 g/mol. The van der Waals surface area contributed by atoms with E-state index in [9.17, 15) is 4.79 Å². The van der Waals surface area contributed by atoms with E-state index in [1.807, 2.05) is 48.9 Å². The molecule has 0 radical (unpaired) electrons. The molecule has 1 aliphatic rings. The Morgan fingerprint density at radius 1 is 1.36 bits per heavy atom. The molecule has 1 atom stereocenters. The Labute approximate surface area is 130 Å². The first kappa shape index (κ1) is 14.8. The molecule has 1 aromatic heterocycles. The van der Waals surface area contributed by atoms with E-state index in [-0.39, 0.29) is 11.8 Å². The summed E-state index contributed by atoms with van der Waals surface area (Å²) in [6.07, 6.45) is 0.924. The van der Waals surface area contributed by atoms with E-state index in [4.69, 9.17) is 0 Å². The van der Waals surface area contributed by atoms with Crippen LogP contribution in [0.5, 0.6) is 0 Å². The normalized spacial score (nSPS) is 17.6. The minimum atomic E-state index is 0.102. The van der Waals surface area contributed by atoms with Crippen LogP contribution in [0.1, 0.15) is 23.4 Å². The van der Waals surface area contributed by atoms with Gasteiger partial charge in [0.2, 0.25) is 5.91 Å². The number of nitrogens with zero attached hydrogens (tertiary/aromatic N) is 2. The minimum absolute atomic E-state index is 0.102. The fourth-order valence-corrected chi connectivity index (χ4v) is 2.95. The second-order valence-electron chi connectivity index (χ2n) is 5.80. The van der Waals surface area contributed by atoms with E-state index in [2.05, 4.69) is 15.7 Å². The SMILES string of the molecule is Cc1nn(-c2ccccc2)c(C)c1CNC(=O)C1CCNC1. The molecular weight excluding hydrogens is 276 g/mol. The van der Waals surface area contributed by atoms with Crippen molar-refractivity contribution in [3.63, 3.8) is 0 Å². The monoisotopic (exact) mass is 298 g/mol. The number of amides is 1. The number of nitrogens with one attached hydrogen (secondary N) is 2. The molecule has 116 valence electrons. The summed E-state index contributed by atoms with van der Waals surface area (Å²) in [5.74, 6) is 0.237. The zero-order valence-electron chi connectivity index (χ0n) is 13.1. The van der Waals surface area contributed by atoms with Crippen LogP contribution < -0.4 is 10.6 Å². The lowest BCUT2D eigenvalue weighted by atomic mass is 10.1. The third kappa shape index (κ3) is 2.90. The molecule has 22 heavy (non-hydrogen) atoms. The number of aryl methyl sites for hydroxylation is 1. The van der Waals surface area contributed by atoms with Crippen LogP contribution in [-0.2, 0) is 11.3 Å². The van der Waals surface area contributed by atoms with E-state index in [0.717, 1.165) is 42.1 Å². The number of para-hydroxylation sites is 1. The van der Waals surface area contributed by atoms with Crippen LogP contribution in [-0.4, -0.2) is 28.8 Å². The van der Waals surface area contributed by atoms with Crippen LogP contribution >= 0.6 is 0 Å². The molecule has 3 rings (SSSR count). The van der Waals surface area contributed by atoms with Gasteiger partial charge in [-0.15, -0.1) is 0 Å². The smallest absolute Gasteiger partial charge is 0.224 e. The zero-order valence-corrected chi connectivity index (χ0v) is 13.1. The topological polar surface area (TPSA) is 59.0 Å². The zero-order chi connectivity index (χ0) is 15.5. The first-order valence-electron chi connectivity index (χ1n) is 7.76. The van der Waals surface area contributed by atoms with Crippen LogP contribution in [0, 0.1) is 19.8 Å². The summed E-state index contributed by atoms with van der Waals surface area (Å²) in [5, 5.41) is 10.9. The van der Waals surface area contributed by atoms with Crippen LogP contribution in [0.25, 0.3) is 5.69 Å². The van der Waals surface area contributed by atoms with Crippen molar-refractivity contribution in [2.75, 3.05) is 13.1 Å². The quantitative estimate of drug-likeness (QED) is 0.903. The highest BCUT2D eigenvalue weighted by atomic mass is 16.1. The van der Waals surface area contributed by atoms with Crippen LogP contribution in [0.3, 0.4) is 0 Å². The summed E-state index contributed by atoms with van der Waals surface area (Å²) in [6.45, 7) is 6.30. The Morgan fingerprint density at radius 3 is 2.82 bits per heavy atom. The van der Waals surface area contributed by atoms with Crippen LogP contribution in [0.2, 0.25) is 0 Å². The molecule has 0 spiro atoms. The third-order valence-electron chi connectivity index (χ3n) is 4.31. The molecule has 0 bridgehead atoms. The molecule has 2 N–H and O–H groups in total. The Balaban J connectivity index is 1.74. The summed E-state index contributed by atoms with van der Waals surface area (Å²) < 4.78 is 1.94. The molecule has 5 heteroatoms. The van der Waals surface area contributed by atoms with E-state index >= 15 is 0 Å². The van der Waals surface area contributed by atoms with Crippen molar-refractivity contribution in [1.82, 2.24) is 20.4 Å². The lowest BCUT2D eigenvalue weighted by Gasteiger charge is -2.10. The van der Waals surface area contributed by atoms with Crippen molar-refractivity contribution in [2.45, 2.75) is 26.8 Å². The van der Waals surface area contributed by atoms with E-state index < -0.39 is 0 Å². The maximum Gasteiger partial charge on any atom is 0.224 e. The lowest BCUT2D eigenvalue weighted by molar-refractivity contribution is -0.124. The molecule has 5 nitrogen and oxygen atoms in total. The number of carbonyl (C=O) groups is 1. The first-order valence-corrected chi connectivity index (χ1v) is 7.76. The maximum atomic E-state index is 12.1. The Morgan fingerprint density at radius 2 is 2.14 bits per heavy atom. The number of hydrogen-bond donors (Lipinski definition) is 2. The van der Waals surface area contributed by atoms with Gasteiger partial charge in [-0.25, -0.2) is 4.68 Å². The van der Waals surface area contributed by atoms with Gasteiger partial charge in [0.05, 0.1) is 17.3 Å². The molecule has 1 unspecified atom stereocenters. The summed E-state index contributed by atoms with van der Waals surface area (Å²) in [4.78, 5) is 12.1. The highest BCUT2D eigenvalue weighted by molar-refractivity contribution is 5.79. The standard InChI is InChI=1S/C17H22N4O/c1-12-16(11-19-17(22)14-8-9-18-10-14)13(2)21(20-12)15-6-4-3-5-7-15/h3-7,14,18H,8-11H2,1-2H3,(H,19,22). The van der Waals surface area contributed by atoms with Gasteiger partial charge in [-0.05, 0) is 38.9 Å². The number of hydrogen-bond acceptors (Lipinski definition) is 3. The Hall–Kier alpha value is -2.14. The molecule has 2 aromatic rings. The number of aromatic nitrogens is 2. The Bertz CT molecular complexity index is 657. The summed E-state index contributed by atoms with van der Waals surface area (Å²) in [6, 6.07) is 10.1. The Kier molecular flexibility index (Phi) is 4.24. The van der Waals surface area contributed by atoms with Gasteiger partial charge in [-0.3, -0.25) is 4.79 Å². The van der Waals surface area contributed by atoms with Crippen molar-refractivity contribution in [3.8, 4) is 5.69 Å². The minimum Gasteiger partial charge on any atom is -0.352 e. The van der Waals surface area contributed by atoms with Gasteiger partial charge >= 0.3 is 0 Å². The van der Waals surface area contributed by atoms with Gasteiger partial charge < -0.3 is 10.6 Å². The van der Waals surface area contributed by atoms with Crippen molar-refractivity contribution in [3.05, 3.63) is 47.3 Å². The molecule has 0 aliphatic carbocycles. The second kappa shape index (κ2) is 6.32. The largest absolute Gasteiger partial charge is 0.352 e. The first-order chi connectivity index (χ1) is 10.7. The van der Waals surface area contributed by atoms with Gasteiger partial charge in [-0.1, -0.05) is 18.2 Å². The van der Waals surface area contributed by atoms with Crippen molar-refractivity contribution >= 4 is 5.91 Å². The lowest BCUT2D eigenvalue weighted by Crippen LogP contribution is -2.31. The summed E-state index contributed by atoms with van der Waals surface area (Å²) >= 11 is 0.